The third-order valence-corrected chi connectivity index (χ3v) is 5.16. The molecule has 0 bridgehead atoms. The summed E-state index contributed by atoms with van der Waals surface area (Å²) in [6.45, 7) is 5.70. The monoisotopic (exact) mass is 439 g/mol. The van der Waals surface area contributed by atoms with Gasteiger partial charge in [0.2, 0.25) is 0 Å². The number of anilines is 2. The fourth-order valence-electron chi connectivity index (χ4n) is 3.53. The van der Waals surface area contributed by atoms with Crippen LogP contribution in [0.2, 0.25) is 0 Å². The van der Waals surface area contributed by atoms with Crippen molar-refractivity contribution in [2.45, 2.75) is 33.4 Å². The van der Waals surface area contributed by atoms with Crippen molar-refractivity contribution in [2.24, 2.45) is 0 Å². The van der Waals surface area contributed by atoms with Gasteiger partial charge in [-0.05, 0) is 19.4 Å². The molecule has 0 fully saturated rings. The van der Waals surface area contributed by atoms with E-state index in [0.717, 1.165) is 42.1 Å². The Kier molecular flexibility index (Phi) is 5.24. The molecule has 0 spiro atoms. The van der Waals surface area contributed by atoms with Crippen molar-refractivity contribution in [1.82, 2.24) is 44.3 Å². The van der Waals surface area contributed by atoms with Gasteiger partial charge < -0.3 is 5.32 Å². The van der Waals surface area contributed by atoms with E-state index in [4.69, 9.17) is 5.26 Å². The Labute approximate surface area is 189 Å². The minimum Gasteiger partial charge on any atom is -0.352 e. The van der Waals surface area contributed by atoms with Crippen LogP contribution in [0.3, 0.4) is 0 Å². The average molecular weight is 439 g/mol. The van der Waals surface area contributed by atoms with E-state index in [1.54, 1.807) is 29.4 Å². The third-order valence-electron chi connectivity index (χ3n) is 5.16. The van der Waals surface area contributed by atoms with Crippen LogP contribution < -0.4 is 5.32 Å². The van der Waals surface area contributed by atoms with Gasteiger partial charge in [0.05, 0.1) is 29.3 Å². The van der Waals surface area contributed by atoms with Crippen molar-refractivity contribution in [2.75, 3.05) is 5.32 Å². The summed E-state index contributed by atoms with van der Waals surface area (Å²) in [4.78, 5) is 13.4. The smallest absolute Gasteiger partial charge is 0.165 e. The number of hydrogen-bond donors (Lipinski definition) is 1. The summed E-state index contributed by atoms with van der Waals surface area (Å²) in [7, 11) is 0. The first-order chi connectivity index (χ1) is 16.2. The number of rotatable bonds is 7. The molecule has 0 radical (unpaired) electrons. The summed E-state index contributed by atoms with van der Waals surface area (Å²) >= 11 is 0. The van der Waals surface area contributed by atoms with E-state index < -0.39 is 0 Å². The lowest BCUT2D eigenvalue weighted by Crippen LogP contribution is -2.01. The zero-order valence-corrected chi connectivity index (χ0v) is 18.2. The van der Waals surface area contributed by atoms with Gasteiger partial charge in [0.25, 0.3) is 0 Å². The van der Waals surface area contributed by atoms with Crippen LogP contribution in [0.1, 0.15) is 25.8 Å². The predicted molar refractivity (Wildman–Crippen MR) is 122 cm³/mol. The molecule has 5 rings (SSSR count). The zero-order chi connectivity index (χ0) is 22.8. The molecular formula is C22H21N11. The van der Waals surface area contributed by atoms with Gasteiger partial charge in [-0.15, -0.1) is 5.10 Å². The highest BCUT2D eigenvalue weighted by atomic mass is 15.4. The number of hydrogen-bond acceptors (Lipinski definition) is 8. The second kappa shape index (κ2) is 8.51. The summed E-state index contributed by atoms with van der Waals surface area (Å²) in [6.07, 6.45) is 11.5. The maximum Gasteiger partial charge on any atom is 0.165 e. The normalized spacial score (nSPS) is 11.1. The van der Waals surface area contributed by atoms with Gasteiger partial charge in [0.15, 0.2) is 5.65 Å². The summed E-state index contributed by atoms with van der Waals surface area (Å²) in [5.41, 5.74) is 4.89. The van der Waals surface area contributed by atoms with Crippen LogP contribution in [0.15, 0.2) is 49.4 Å². The van der Waals surface area contributed by atoms with Crippen molar-refractivity contribution in [3.63, 3.8) is 0 Å². The van der Waals surface area contributed by atoms with Gasteiger partial charge in [-0.2, -0.15) is 10.4 Å². The van der Waals surface area contributed by atoms with Gasteiger partial charge in [0.1, 0.15) is 29.4 Å². The minimum atomic E-state index is 0.460. The summed E-state index contributed by atoms with van der Waals surface area (Å²) in [5, 5.41) is 25.5. The van der Waals surface area contributed by atoms with E-state index in [9.17, 15) is 0 Å². The number of pyridine rings is 2. The molecule has 0 aliphatic carbocycles. The summed E-state index contributed by atoms with van der Waals surface area (Å²) in [5.74, 6) is 0.629. The zero-order valence-electron chi connectivity index (χ0n) is 18.2. The number of nitrogens with one attached hydrogen (secondary N) is 1. The Bertz CT molecular complexity index is 1470. The van der Waals surface area contributed by atoms with E-state index in [0.29, 0.717) is 22.5 Å². The van der Waals surface area contributed by atoms with Crippen molar-refractivity contribution >= 4 is 22.5 Å². The van der Waals surface area contributed by atoms with Crippen LogP contribution in [0.5, 0.6) is 0 Å². The molecule has 5 heterocycles. The largest absolute Gasteiger partial charge is 0.352 e. The predicted octanol–water partition coefficient (Wildman–Crippen LogP) is 3.32. The summed E-state index contributed by atoms with van der Waals surface area (Å²) in [6, 6.07) is 5.71. The van der Waals surface area contributed by atoms with Crippen LogP contribution in [0, 0.1) is 11.3 Å². The van der Waals surface area contributed by atoms with Gasteiger partial charge in [-0.3, -0.25) is 13.9 Å². The highest BCUT2D eigenvalue weighted by Crippen LogP contribution is 2.30. The molecule has 5 aromatic rings. The standard InChI is InChI=1S/C22H21N11/c1-3-5-32-13-20(29-30-32)17-11-24-21(7-18(17)28-16-10-27-31(4-2)12-16)33-14-26-19-6-15(8-23)9-25-22(19)33/h6-7,9-14H,3-5H2,1-2H3,(H,24,28). The molecule has 0 saturated heterocycles. The van der Waals surface area contributed by atoms with Crippen molar-refractivity contribution in [3.8, 4) is 23.1 Å². The fraction of sp³-hybridized carbons (Fsp3) is 0.227. The second-order valence-corrected chi connectivity index (χ2v) is 7.46. The van der Waals surface area contributed by atoms with E-state index in [2.05, 4.69) is 48.7 Å². The average Bonchev–Trinajstić information content (AvgIpc) is 3.58. The number of aryl methyl sites for hydroxylation is 2. The van der Waals surface area contributed by atoms with Crippen molar-refractivity contribution in [3.05, 3.63) is 55.0 Å². The van der Waals surface area contributed by atoms with Gasteiger partial charge in [-0.25, -0.2) is 15.0 Å². The Balaban J connectivity index is 1.59. The van der Waals surface area contributed by atoms with Gasteiger partial charge >= 0.3 is 0 Å². The lowest BCUT2D eigenvalue weighted by atomic mass is 10.1. The highest BCUT2D eigenvalue weighted by Gasteiger charge is 2.15. The number of fused-ring (bicyclic) bond motifs is 1. The van der Waals surface area contributed by atoms with Crippen LogP contribution in [-0.4, -0.2) is 44.3 Å². The first kappa shape index (κ1) is 20.3. The lowest BCUT2D eigenvalue weighted by Gasteiger charge is -2.11. The van der Waals surface area contributed by atoms with E-state index in [1.807, 2.05) is 34.7 Å². The molecule has 5 aromatic heterocycles. The first-order valence-electron chi connectivity index (χ1n) is 10.6. The first-order valence-corrected chi connectivity index (χ1v) is 10.6. The lowest BCUT2D eigenvalue weighted by molar-refractivity contribution is 0.579. The molecule has 1 N–H and O–H groups in total. The van der Waals surface area contributed by atoms with Crippen molar-refractivity contribution in [1.29, 1.82) is 5.26 Å². The van der Waals surface area contributed by atoms with E-state index >= 15 is 0 Å². The molecule has 164 valence electrons. The Morgan fingerprint density at radius 1 is 1.03 bits per heavy atom. The molecule has 0 atom stereocenters. The number of aromatic nitrogens is 9. The molecule has 0 aliphatic heterocycles. The topological polar surface area (TPSA) is 128 Å². The molecule has 11 heteroatoms. The minimum absolute atomic E-state index is 0.460. The Morgan fingerprint density at radius 2 is 1.94 bits per heavy atom. The SMILES string of the molecule is CCCn1cc(-c2cnc(-n3cnc4cc(C#N)cnc43)cc2Nc2cnn(CC)c2)nn1. The maximum atomic E-state index is 9.13. The third kappa shape index (κ3) is 3.89. The fourth-order valence-corrected chi connectivity index (χ4v) is 3.53. The number of imidazole rings is 1. The maximum absolute atomic E-state index is 9.13. The highest BCUT2D eigenvalue weighted by molar-refractivity contribution is 5.80. The van der Waals surface area contributed by atoms with E-state index in [-0.39, 0.29) is 0 Å². The van der Waals surface area contributed by atoms with Crippen molar-refractivity contribution < 1.29 is 0 Å². The molecule has 0 unspecified atom stereocenters. The van der Waals surface area contributed by atoms with Gasteiger partial charge in [-0.1, -0.05) is 12.1 Å². The molecule has 0 saturated carbocycles. The quantitative estimate of drug-likeness (QED) is 0.409. The van der Waals surface area contributed by atoms with Crippen LogP contribution in [0.4, 0.5) is 11.4 Å². The molecule has 0 amide bonds. The van der Waals surface area contributed by atoms with Crippen LogP contribution in [-0.2, 0) is 13.1 Å². The molecular weight excluding hydrogens is 418 g/mol. The molecule has 0 aliphatic rings. The molecule has 33 heavy (non-hydrogen) atoms. The number of nitriles is 1. The Hall–Kier alpha value is -4.59. The van der Waals surface area contributed by atoms with Crippen LogP contribution >= 0.6 is 0 Å². The van der Waals surface area contributed by atoms with Crippen LogP contribution in [0.25, 0.3) is 28.2 Å². The summed E-state index contributed by atoms with van der Waals surface area (Å²) < 4.78 is 5.46. The molecule has 11 nitrogen and oxygen atoms in total. The van der Waals surface area contributed by atoms with E-state index in [1.165, 1.54) is 6.20 Å². The second-order valence-electron chi connectivity index (χ2n) is 7.46. The Morgan fingerprint density at radius 3 is 2.73 bits per heavy atom. The molecule has 0 aromatic carbocycles. The number of nitrogens with zero attached hydrogens (tertiary/aromatic N) is 10. The van der Waals surface area contributed by atoms with Gasteiger partial charge in [0, 0.05) is 43.3 Å².